The number of nitrogens with zero attached hydrogens (tertiary/aromatic N) is 4. The molecule has 280 valence electrons. The van der Waals surface area contributed by atoms with E-state index in [1.807, 2.05) is 26.0 Å². The quantitative estimate of drug-likeness (QED) is 0.329. The highest BCUT2D eigenvalue weighted by Gasteiger charge is 2.30. The second kappa shape index (κ2) is 17.7. The Kier molecular flexibility index (Phi) is 12.9. The average Bonchev–Trinajstić information content (AvgIpc) is 3.54. The van der Waals surface area contributed by atoms with Crippen LogP contribution in [0.2, 0.25) is 0 Å². The highest BCUT2D eigenvalue weighted by molar-refractivity contribution is 5.98. The largest absolute Gasteiger partial charge is 0.493 e. The summed E-state index contributed by atoms with van der Waals surface area (Å²) in [5.74, 6) is 1.51. The van der Waals surface area contributed by atoms with Crippen molar-refractivity contribution in [3.05, 3.63) is 59.2 Å². The summed E-state index contributed by atoms with van der Waals surface area (Å²) in [6.07, 6.45) is 1.92. The predicted octanol–water partition coefficient (Wildman–Crippen LogP) is 2.81. The number of amides is 4. The fourth-order valence-electron chi connectivity index (χ4n) is 6.25. The minimum Gasteiger partial charge on any atom is -0.493 e. The van der Waals surface area contributed by atoms with Crippen LogP contribution in [0.5, 0.6) is 23.0 Å². The molecule has 3 N–H and O–H groups in total. The van der Waals surface area contributed by atoms with Crippen LogP contribution in [-0.2, 0) is 27.3 Å². The topological polar surface area (TPSA) is 175 Å². The van der Waals surface area contributed by atoms with Crippen molar-refractivity contribution in [1.82, 2.24) is 35.6 Å². The van der Waals surface area contributed by atoms with Gasteiger partial charge in [0.05, 0.1) is 25.8 Å². The first-order valence-corrected chi connectivity index (χ1v) is 17.8. The minimum atomic E-state index is -0.810. The van der Waals surface area contributed by atoms with Crippen molar-refractivity contribution in [2.45, 2.75) is 71.5 Å². The maximum atomic E-state index is 13.9. The number of nitrogens with one attached hydrogen (secondary N) is 3. The van der Waals surface area contributed by atoms with Gasteiger partial charge in [-0.1, -0.05) is 32.4 Å². The Balaban J connectivity index is 1.39. The molecule has 3 aromatic rings. The van der Waals surface area contributed by atoms with Gasteiger partial charge in [0.2, 0.25) is 17.7 Å². The molecule has 0 radical (unpaired) electrons. The Morgan fingerprint density at radius 2 is 1.77 bits per heavy atom. The van der Waals surface area contributed by atoms with Crippen LogP contribution in [0.3, 0.4) is 0 Å². The third-order valence-corrected chi connectivity index (χ3v) is 9.25. The molecule has 52 heavy (non-hydrogen) atoms. The van der Waals surface area contributed by atoms with Crippen LogP contribution in [0.25, 0.3) is 0 Å². The van der Waals surface area contributed by atoms with E-state index in [0.717, 1.165) is 5.56 Å². The van der Waals surface area contributed by atoms with Crippen LogP contribution in [0.4, 0.5) is 0 Å². The van der Waals surface area contributed by atoms with E-state index in [4.69, 9.17) is 23.9 Å². The monoisotopic (exact) mass is 719 g/mol. The average molecular weight is 720 g/mol. The smallest absolute Gasteiger partial charge is 0.257 e. The number of methoxy groups -OCH3 is 2. The molecule has 2 aromatic carbocycles. The molecule has 0 fully saturated rings. The van der Waals surface area contributed by atoms with Crippen molar-refractivity contribution in [2.75, 3.05) is 47.1 Å². The van der Waals surface area contributed by atoms with Crippen molar-refractivity contribution in [1.29, 1.82) is 0 Å². The highest BCUT2D eigenvalue weighted by Crippen LogP contribution is 2.34. The molecule has 0 saturated heterocycles. The first-order valence-electron chi connectivity index (χ1n) is 17.8. The van der Waals surface area contributed by atoms with E-state index in [9.17, 15) is 19.2 Å². The zero-order valence-corrected chi connectivity index (χ0v) is 30.5. The van der Waals surface area contributed by atoms with Gasteiger partial charge in [-0.25, -0.2) is 9.67 Å². The number of hydrogen-bond acceptors (Lipinski definition) is 10. The number of rotatable bonds is 7. The van der Waals surface area contributed by atoms with Gasteiger partial charge in [-0.2, -0.15) is 5.10 Å². The number of aromatic nitrogens is 3. The van der Waals surface area contributed by atoms with Crippen LogP contribution in [0.15, 0.2) is 36.4 Å². The Hall–Kier alpha value is -5.34. The van der Waals surface area contributed by atoms with Crippen molar-refractivity contribution < 1.29 is 38.1 Å². The summed E-state index contributed by atoms with van der Waals surface area (Å²) >= 11 is 0. The standard InChI is InChI=1S/C37H49N7O8/c1-6-23(2)33-36(47)39-24(3)35-40-30(21-25-13-14-27(49-4)29(20-25)50-5)42-44(35)22-32(46)38-15-9-17-43(16-8-12-31(45)41-33)37(48)26-10-7-11-28-34(26)52-19-18-51-28/h7,10-11,13-14,20,23-24,33H,6,8-9,12,15-19,21-22H2,1-5H3,(H,38,46)(H,39,47)(H,41,45)/t23-,24+,33-/m0/s1. The molecular formula is C37H49N7O8. The van der Waals surface area contributed by atoms with Crippen LogP contribution < -0.4 is 34.9 Å². The van der Waals surface area contributed by atoms with E-state index in [1.54, 1.807) is 50.3 Å². The number of para-hydroxylation sites is 1. The van der Waals surface area contributed by atoms with Gasteiger partial charge in [0.1, 0.15) is 31.6 Å². The van der Waals surface area contributed by atoms with E-state index in [-0.39, 0.29) is 49.1 Å². The van der Waals surface area contributed by atoms with Crippen molar-refractivity contribution in [3.63, 3.8) is 0 Å². The molecule has 15 heteroatoms. The Morgan fingerprint density at radius 3 is 2.54 bits per heavy atom. The van der Waals surface area contributed by atoms with Gasteiger partial charge in [-0.05, 0) is 55.5 Å². The van der Waals surface area contributed by atoms with Gasteiger partial charge in [-0.15, -0.1) is 0 Å². The summed E-state index contributed by atoms with van der Waals surface area (Å²) in [6.45, 7) is 7.12. The number of hydrogen-bond donors (Lipinski definition) is 3. The van der Waals surface area contributed by atoms with Crippen LogP contribution in [-0.4, -0.2) is 96.4 Å². The lowest BCUT2D eigenvalue weighted by Crippen LogP contribution is -2.51. The lowest BCUT2D eigenvalue weighted by atomic mass is 9.97. The molecule has 0 saturated carbocycles. The van der Waals surface area contributed by atoms with Gasteiger partial charge in [0.15, 0.2) is 28.8 Å². The summed E-state index contributed by atoms with van der Waals surface area (Å²) in [7, 11) is 3.13. The second-order valence-corrected chi connectivity index (χ2v) is 13.0. The van der Waals surface area contributed by atoms with Gasteiger partial charge >= 0.3 is 0 Å². The molecule has 0 spiro atoms. The van der Waals surface area contributed by atoms with Crippen LogP contribution >= 0.6 is 0 Å². The number of fused-ring (bicyclic) bond motifs is 2. The second-order valence-electron chi connectivity index (χ2n) is 13.0. The lowest BCUT2D eigenvalue weighted by molar-refractivity contribution is -0.130. The number of carbonyl (C=O) groups excluding carboxylic acids is 4. The summed E-state index contributed by atoms with van der Waals surface area (Å²) in [4.78, 5) is 60.5. The minimum absolute atomic E-state index is 0.108. The molecule has 5 rings (SSSR count). The summed E-state index contributed by atoms with van der Waals surface area (Å²) < 4.78 is 23.8. The molecule has 3 heterocycles. The first kappa shape index (κ1) is 37.9. The van der Waals surface area contributed by atoms with E-state index in [2.05, 4.69) is 21.0 Å². The fraction of sp³-hybridized carbons (Fsp3) is 0.514. The zero-order valence-electron chi connectivity index (χ0n) is 30.5. The van der Waals surface area contributed by atoms with Gasteiger partial charge in [0.25, 0.3) is 5.91 Å². The lowest BCUT2D eigenvalue weighted by Gasteiger charge is -2.27. The van der Waals surface area contributed by atoms with E-state index in [0.29, 0.717) is 92.2 Å². The maximum absolute atomic E-state index is 13.9. The van der Waals surface area contributed by atoms with Gasteiger partial charge < -0.3 is 39.8 Å². The summed E-state index contributed by atoms with van der Waals surface area (Å²) in [5.41, 5.74) is 1.24. The number of benzene rings is 2. The molecule has 3 atom stereocenters. The third kappa shape index (κ3) is 9.30. The van der Waals surface area contributed by atoms with Gasteiger partial charge in [-0.3, -0.25) is 19.2 Å². The van der Waals surface area contributed by atoms with Gasteiger partial charge in [0, 0.05) is 32.5 Å². The molecule has 1 aromatic heterocycles. The SMILES string of the molecule is CC[C@H](C)[C@@H]1NC(=O)CCCN(C(=O)c2cccc3c2OCCO3)CCCNC(=O)Cn2nc(Cc3ccc(OC)c(OC)c3)nc2[C@@H](C)NC1=O. The zero-order chi connectivity index (χ0) is 37.2. The fourth-order valence-corrected chi connectivity index (χ4v) is 6.25. The summed E-state index contributed by atoms with van der Waals surface area (Å²) in [5, 5.41) is 13.5. The van der Waals surface area contributed by atoms with Crippen LogP contribution in [0, 0.1) is 5.92 Å². The van der Waals surface area contributed by atoms with E-state index in [1.165, 1.54) is 4.68 Å². The van der Waals surface area contributed by atoms with Crippen LogP contribution in [0.1, 0.15) is 80.1 Å². The van der Waals surface area contributed by atoms with Crippen molar-refractivity contribution in [3.8, 4) is 23.0 Å². The molecule has 4 amide bonds. The molecule has 0 unspecified atom stereocenters. The Labute approximate surface area is 303 Å². The molecule has 15 nitrogen and oxygen atoms in total. The molecule has 0 aliphatic carbocycles. The number of carbonyl (C=O) groups is 4. The predicted molar refractivity (Wildman–Crippen MR) is 191 cm³/mol. The highest BCUT2D eigenvalue weighted by atomic mass is 16.6. The molecular weight excluding hydrogens is 670 g/mol. The Morgan fingerprint density at radius 1 is 1.00 bits per heavy atom. The first-order chi connectivity index (χ1) is 25.1. The van der Waals surface area contributed by atoms with Crippen molar-refractivity contribution in [2.24, 2.45) is 5.92 Å². The van der Waals surface area contributed by atoms with E-state index < -0.39 is 12.1 Å². The summed E-state index contributed by atoms with van der Waals surface area (Å²) in [6, 6.07) is 9.28. The normalized spacial score (nSPS) is 19.6. The molecule has 2 aliphatic rings. The maximum Gasteiger partial charge on any atom is 0.257 e. The third-order valence-electron chi connectivity index (χ3n) is 9.25. The molecule has 0 bridgehead atoms. The van der Waals surface area contributed by atoms with Crippen molar-refractivity contribution >= 4 is 23.6 Å². The molecule has 2 aliphatic heterocycles. The van der Waals surface area contributed by atoms with E-state index >= 15 is 0 Å². The Bertz CT molecular complexity index is 1740. The number of ether oxygens (including phenoxy) is 4.